The summed E-state index contributed by atoms with van der Waals surface area (Å²) in [6, 6.07) is 2.53. The third kappa shape index (κ3) is 3.09. The third-order valence-electron chi connectivity index (χ3n) is 5.16. The van der Waals surface area contributed by atoms with Crippen molar-refractivity contribution in [3.63, 3.8) is 0 Å². The van der Waals surface area contributed by atoms with Crippen LogP contribution in [0.1, 0.15) is 12.8 Å². The van der Waals surface area contributed by atoms with Gasteiger partial charge in [-0.1, -0.05) is 6.58 Å². The van der Waals surface area contributed by atoms with Crippen LogP contribution < -0.4 is 15.8 Å². The zero-order chi connectivity index (χ0) is 16.5. The zero-order valence-corrected chi connectivity index (χ0v) is 14.4. The Balaban J connectivity index is 1.33. The van der Waals surface area contributed by atoms with Gasteiger partial charge in [-0.2, -0.15) is 0 Å². The SMILES string of the molecule is C=C(NCN1C[C@H]2CC(Nc3ncnc4[nH]ccc34)C[C@H]2C1)SN. The van der Waals surface area contributed by atoms with Crippen LogP contribution in [0.2, 0.25) is 0 Å². The molecule has 2 fully saturated rings. The minimum absolute atomic E-state index is 0.498. The van der Waals surface area contributed by atoms with Crippen molar-refractivity contribution >= 4 is 28.8 Å². The number of rotatable bonds is 6. The topological polar surface area (TPSA) is 94.9 Å². The molecule has 0 aromatic carbocycles. The van der Waals surface area contributed by atoms with Gasteiger partial charge in [-0.3, -0.25) is 10.0 Å². The molecule has 8 heteroatoms. The van der Waals surface area contributed by atoms with Crippen LogP contribution in [-0.4, -0.2) is 45.7 Å². The van der Waals surface area contributed by atoms with Crippen molar-refractivity contribution in [2.45, 2.75) is 18.9 Å². The number of aromatic nitrogens is 3. The summed E-state index contributed by atoms with van der Waals surface area (Å²) in [6.45, 7) is 6.98. The van der Waals surface area contributed by atoms with Gasteiger partial charge < -0.3 is 15.6 Å². The Morgan fingerprint density at radius 3 is 2.92 bits per heavy atom. The number of nitrogens with one attached hydrogen (secondary N) is 3. The van der Waals surface area contributed by atoms with Gasteiger partial charge in [0, 0.05) is 25.3 Å². The summed E-state index contributed by atoms with van der Waals surface area (Å²) >= 11 is 1.18. The predicted octanol–water partition coefficient (Wildman–Crippen LogP) is 1.71. The minimum Gasteiger partial charge on any atom is -0.367 e. The molecule has 4 rings (SSSR count). The molecule has 2 aliphatic rings. The first-order valence-corrected chi connectivity index (χ1v) is 9.17. The molecule has 0 radical (unpaired) electrons. The number of hydrogen-bond donors (Lipinski definition) is 4. The second kappa shape index (κ2) is 6.62. The lowest BCUT2D eigenvalue weighted by molar-refractivity contribution is 0.298. The molecule has 0 amide bonds. The average molecular weight is 345 g/mol. The molecule has 5 N–H and O–H groups in total. The summed E-state index contributed by atoms with van der Waals surface area (Å²) in [4.78, 5) is 14.3. The molecule has 2 aromatic heterocycles. The molecule has 0 spiro atoms. The van der Waals surface area contributed by atoms with E-state index in [2.05, 4.69) is 37.1 Å². The van der Waals surface area contributed by atoms with Gasteiger partial charge >= 0.3 is 0 Å². The lowest BCUT2D eigenvalue weighted by Crippen LogP contribution is -2.33. The molecular weight excluding hydrogens is 322 g/mol. The van der Waals surface area contributed by atoms with Gasteiger partial charge in [0.2, 0.25) is 0 Å². The van der Waals surface area contributed by atoms with Crippen molar-refractivity contribution in [2.24, 2.45) is 17.0 Å². The number of likely N-dealkylation sites (tertiary alicyclic amines) is 1. The van der Waals surface area contributed by atoms with Crippen molar-refractivity contribution in [3.8, 4) is 0 Å². The minimum atomic E-state index is 0.498. The monoisotopic (exact) mass is 345 g/mol. The van der Waals surface area contributed by atoms with E-state index < -0.39 is 0 Å². The highest BCUT2D eigenvalue weighted by molar-refractivity contribution is 8.00. The van der Waals surface area contributed by atoms with Crippen LogP contribution in [0.15, 0.2) is 30.2 Å². The molecule has 0 bridgehead atoms. The Morgan fingerprint density at radius 1 is 1.38 bits per heavy atom. The summed E-state index contributed by atoms with van der Waals surface area (Å²) in [5, 5.41) is 14.3. The van der Waals surface area contributed by atoms with Crippen LogP contribution in [0.4, 0.5) is 5.82 Å². The number of fused-ring (bicyclic) bond motifs is 2. The van der Waals surface area contributed by atoms with Crippen LogP contribution in [0.25, 0.3) is 11.0 Å². The Morgan fingerprint density at radius 2 is 2.17 bits per heavy atom. The molecule has 1 unspecified atom stereocenters. The number of aromatic amines is 1. The average Bonchev–Trinajstić information content (AvgIpc) is 3.27. The van der Waals surface area contributed by atoms with Gasteiger partial charge in [-0.15, -0.1) is 0 Å². The molecule has 3 heterocycles. The van der Waals surface area contributed by atoms with Crippen molar-refractivity contribution in [1.29, 1.82) is 0 Å². The van der Waals surface area contributed by atoms with Gasteiger partial charge in [0.1, 0.15) is 17.8 Å². The van der Waals surface area contributed by atoms with Crippen molar-refractivity contribution in [1.82, 2.24) is 25.2 Å². The molecule has 1 saturated heterocycles. The number of H-pyrrole nitrogens is 1. The van der Waals surface area contributed by atoms with E-state index in [9.17, 15) is 0 Å². The largest absolute Gasteiger partial charge is 0.367 e. The smallest absolute Gasteiger partial charge is 0.142 e. The molecule has 3 atom stereocenters. The Hall–Kier alpha value is -1.77. The predicted molar refractivity (Wildman–Crippen MR) is 98.0 cm³/mol. The van der Waals surface area contributed by atoms with Gasteiger partial charge in [0.05, 0.1) is 17.1 Å². The van der Waals surface area contributed by atoms with E-state index in [-0.39, 0.29) is 0 Å². The van der Waals surface area contributed by atoms with Crippen molar-refractivity contribution in [2.75, 3.05) is 25.1 Å². The third-order valence-corrected chi connectivity index (χ3v) is 5.59. The van der Waals surface area contributed by atoms with E-state index in [1.807, 2.05) is 12.3 Å². The maximum absolute atomic E-state index is 5.49. The standard InChI is InChI=1S/C16H23N7S/c1-10(24-17)21-9-23-6-11-4-13(5-12(11)7-23)22-16-14-2-3-18-15(14)19-8-20-16/h2-3,8,11-13,21H,1,4-7,9,17H2,(H2,18,19,20,22)/t11-,12+,13?. The number of nitrogens with zero attached hydrogens (tertiary/aromatic N) is 3. The van der Waals surface area contributed by atoms with Crippen LogP contribution in [0, 0.1) is 11.8 Å². The number of hydrogen-bond acceptors (Lipinski definition) is 7. The molecule has 1 aliphatic carbocycles. The summed E-state index contributed by atoms with van der Waals surface area (Å²) in [5.41, 5.74) is 0.890. The summed E-state index contributed by atoms with van der Waals surface area (Å²) in [7, 11) is 0. The van der Waals surface area contributed by atoms with Crippen LogP contribution in [0.3, 0.4) is 0 Å². The highest BCUT2D eigenvalue weighted by atomic mass is 32.2. The first kappa shape index (κ1) is 15.7. The number of anilines is 1. The van der Waals surface area contributed by atoms with E-state index in [1.165, 1.54) is 24.8 Å². The van der Waals surface area contributed by atoms with Gasteiger partial charge in [-0.25, -0.2) is 9.97 Å². The molecule has 7 nitrogen and oxygen atoms in total. The maximum atomic E-state index is 5.49. The lowest BCUT2D eigenvalue weighted by atomic mass is 10.0. The fourth-order valence-electron chi connectivity index (χ4n) is 4.07. The van der Waals surface area contributed by atoms with Gasteiger partial charge in [-0.05, 0) is 42.7 Å². The summed E-state index contributed by atoms with van der Waals surface area (Å²) < 4.78 is 0. The second-order valence-corrected chi connectivity index (χ2v) is 7.44. The maximum Gasteiger partial charge on any atom is 0.142 e. The van der Waals surface area contributed by atoms with E-state index in [0.29, 0.717) is 6.04 Å². The molecule has 24 heavy (non-hydrogen) atoms. The van der Waals surface area contributed by atoms with Gasteiger partial charge in [0.15, 0.2) is 0 Å². The highest BCUT2D eigenvalue weighted by Crippen LogP contribution is 2.39. The molecule has 1 aliphatic heterocycles. The van der Waals surface area contributed by atoms with Crippen LogP contribution in [-0.2, 0) is 0 Å². The van der Waals surface area contributed by atoms with Crippen LogP contribution in [0.5, 0.6) is 0 Å². The second-order valence-electron chi connectivity index (χ2n) is 6.71. The summed E-state index contributed by atoms with van der Waals surface area (Å²) in [6.07, 6.45) is 5.92. The first-order chi connectivity index (χ1) is 11.7. The van der Waals surface area contributed by atoms with E-state index in [0.717, 1.165) is 53.5 Å². The Labute approximate surface area is 145 Å². The van der Waals surface area contributed by atoms with Crippen LogP contribution >= 0.6 is 11.9 Å². The van der Waals surface area contributed by atoms with E-state index in [4.69, 9.17) is 5.14 Å². The number of nitrogens with two attached hydrogens (primary N) is 1. The Kier molecular flexibility index (Phi) is 4.34. The molecule has 2 aromatic rings. The normalized spacial score (nSPS) is 26.6. The van der Waals surface area contributed by atoms with E-state index >= 15 is 0 Å². The molecule has 1 saturated carbocycles. The lowest BCUT2D eigenvalue weighted by Gasteiger charge is -2.21. The van der Waals surface area contributed by atoms with Gasteiger partial charge in [0.25, 0.3) is 0 Å². The Bertz CT molecular complexity index is 716. The zero-order valence-electron chi connectivity index (χ0n) is 13.5. The first-order valence-electron chi connectivity index (χ1n) is 8.29. The fraction of sp³-hybridized carbons (Fsp3) is 0.500. The van der Waals surface area contributed by atoms with E-state index in [1.54, 1.807) is 6.33 Å². The van der Waals surface area contributed by atoms with Crippen molar-refractivity contribution in [3.05, 3.63) is 30.2 Å². The molecule has 128 valence electrons. The van der Waals surface area contributed by atoms with Crippen molar-refractivity contribution < 1.29 is 0 Å². The summed E-state index contributed by atoms with van der Waals surface area (Å²) in [5.74, 6) is 2.46. The molecular formula is C16H23N7S. The quantitative estimate of drug-likeness (QED) is 0.592. The fourth-order valence-corrected chi connectivity index (χ4v) is 4.21. The highest BCUT2D eigenvalue weighted by Gasteiger charge is 2.40.